The molecule has 0 spiro atoms. The van der Waals surface area contributed by atoms with E-state index >= 15 is 0 Å². The fourth-order valence-electron chi connectivity index (χ4n) is 3.31. The normalized spacial score (nSPS) is 32.3. The lowest BCUT2D eigenvalue weighted by Gasteiger charge is -2.33. The van der Waals surface area contributed by atoms with Gasteiger partial charge in [-0.3, -0.25) is 9.59 Å². The van der Waals surface area contributed by atoms with Gasteiger partial charge in [0.05, 0.1) is 31.3 Å². The van der Waals surface area contributed by atoms with E-state index in [4.69, 9.17) is 9.47 Å². The van der Waals surface area contributed by atoms with Gasteiger partial charge in [0.1, 0.15) is 5.92 Å². The number of hydrogen-bond acceptors (Lipinski definition) is 4. The van der Waals surface area contributed by atoms with Gasteiger partial charge in [0.25, 0.3) is 0 Å². The number of ether oxygens (including phenoxy) is 2. The Kier molecular flexibility index (Phi) is 5.58. The fourth-order valence-corrected chi connectivity index (χ4v) is 3.31. The Morgan fingerprint density at radius 2 is 2.00 bits per heavy atom. The summed E-state index contributed by atoms with van der Waals surface area (Å²) in [6.07, 6.45) is 2.30. The van der Waals surface area contributed by atoms with Crippen LogP contribution in [0.1, 0.15) is 33.1 Å². The van der Waals surface area contributed by atoms with Gasteiger partial charge in [0, 0.05) is 13.2 Å². The molecule has 6 heteroatoms. The highest BCUT2D eigenvalue weighted by Gasteiger charge is 2.43. The summed E-state index contributed by atoms with van der Waals surface area (Å²) in [4.78, 5) is 25.9. The van der Waals surface area contributed by atoms with Crippen molar-refractivity contribution in [3.05, 3.63) is 0 Å². The van der Waals surface area contributed by atoms with Gasteiger partial charge in [-0.1, -0.05) is 13.8 Å². The first-order chi connectivity index (χ1) is 10.1. The molecule has 2 fully saturated rings. The molecule has 0 saturated carbocycles. The molecule has 0 aromatic rings. The van der Waals surface area contributed by atoms with Crippen LogP contribution in [-0.4, -0.2) is 60.4 Å². The monoisotopic (exact) mass is 299 g/mol. The van der Waals surface area contributed by atoms with E-state index in [1.807, 2.05) is 13.8 Å². The average Bonchev–Trinajstić information content (AvgIpc) is 3.11. The second kappa shape index (κ2) is 7.22. The molecule has 1 N–H and O–H groups in total. The van der Waals surface area contributed by atoms with E-state index in [9.17, 15) is 14.7 Å². The van der Waals surface area contributed by atoms with E-state index in [2.05, 4.69) is 0 Å². The molecule has 0 aromatic heterocycles. The number of aliphatic carboxylic acids is 1. The van der Waals surface area contributed by atoms with Crippen LogP contribution in [-0.2, 0) is 19.1 Å². The van der Waals surface area contributed by atoms with Crippen LogP contribution in [0.25, 0.3) is 0 Å². The molecule has 0 aliphatic carbocycles. The zero-order valence-corrected chi connectivity index (χ0v) is 12.8. The lowest BCUT2D eigenvalue weighted by Crippen LogP contribution is -2.50. The zero-order valence-electron chi connectivity index (χ0n) is 12.8. The molecule has 1 amide bonds. The Bertz CT molecular complexity index is 386. The number of hydrogen-bond donors (Lipinski definition) is 1. The third kappa shape index (κ3) is 3.37. The number of rotatable bonds is 6. The van der Waals surface area contributed by atoms with Crippen molar-refractivity contribution in [2.24, 2.45) is 11.8 Å². The summed E-state index contributed by atoms with van der Waals surface area (Å²) in [5, 5.41) is 9.30. The van der Waals surface area contributed by atoms with Crippen LogP contribution < -0.4 is 0 Å². The third-order valence-corrected chi connectivity index (χ3v) is 4.44. The Morgan fingerprint density at radius 1 is 1.24 bits per heavy atom. The second-order valence-electron chi connectivity index (χ2n) is 5.79. The minimum Gasteiger partial charge on any atom is -0.481 e. The van der Waals surface area contributed by atoms with Crippen LogP contribution in [0.3, 0.4) is 0 Å². The van der Waals surface area contributed by atoms with E-state index < -0.39 is 11.9 Å². The van der Waals surface area contributed by atoms with E-state index in [1.165, 1.54) is 0 Å². The van der Waals surface area contributed by atoms with Gasteiger partial charge in [-0.05, 0) is 19.3 Å². The average molecular weight is 299 g/mol. The number of nitrogens with zero attached hydrogens (tertiary/aromatic N) is 1. The predicted molar refractivity (Wildman–Crippen MR) is 75.9 cm³/mol. The third-order valence-electron chi connectivity index (χ3n) is 4.44. The van der Waals surface area contributed by atoms with Crippen molar-refractivity contribution < 1.29 is 24.2 Å². The highest BCUT2D eigenvalue weighted by Crippen LogP contribution is 2.29. The van der Waals surface area contributed by atoms with Crippen molar-refractivity contribution in [2.45, 2.75) is 45.3 Å². The zero-order chi connectivity index (χ0) is 15.4. The van der Waals surface area contributed by atoms with E-state index in [0.717, 1.165) is 19.3 Å². The maximum atomic E-state index is 12.9. The van der Waals surface area contributed by atoms with Crippen LogP contribution in [0.4, 0.5) is 0 Å². The molecule has 4 unspecified atom stereocenters. The van der Waals surface area contributed by atoms with E-state index in [1.54, 1.807) is 4.90 Å². The van der Waals surface area contributed by atoms with E-state index in [0.29, 0.717) is 19.8 Å². The molecule has 2 aliphatic heterocycles. The Hall–Kier alpha value is -1.14. The molecule has 2 saturated heterocycles. The van der Waals surface area contributed by atoms with Gasteiger partial charge in [0.2, 0.25) is 5.91 Å². The van der Waals surface area contributed by atoms with Crippen molar-refractivity contribution in [2.75, 3.05) is 26.4 Å². The van der Waals surface area contributed by atoms with Gasteiger partial charge in [-0.2, -0.15) is 0 Å². The molecule has 120 valence electrons. The molecule has 0 bridgehead atoms. The van der Waals surface area contributed by atoms with Gasteiger partial charge in [0.15, 0.2) is 0 Å². The Balaban J connectivity index is 2.14. The predicted octanol–water partition coefficient (Wildman–Crippen LogP) is 1.14. The smallest absolute Gasteiger partial charge is 0.311 e. The summed E-state index contributed by atoms with van der Waals surface area (Å²) in [6, 6.07) is -0.354. The lowest BCUT2D eigenvalue weighted by atomic mass is 9.94. The summed E-state index contributed by atoms with van der Waals surface area (Å²) < 4.78 is 10.9. The molecular formula is C15H25NO5. The standard InChI is InChI=1S/C15H25NO5/c1-3-6-16(12-9-20-8-11(12)15(18)19)14(17)10-5-7-21-13(10)4-2/h10-13H,3-9H2,1-2H3,(H,18,19). The Labute approximate surface area is 125 Å². The largest absolute Gasteiger partial charge is 0.481 e. The quantitative estimate of drug-likeness (QED) is 0.796. The molecule has 4 atom stereocenters. The van der Waals surface area contributed by atoms with Crippen LogP contribution in [0.15, 0.2) is 0 Å². The number of amides is 1. The van der Waals surface area contributed by atoms with Crippen molar-refractivity contribution in [1.82, 2.24) is 4.90 Å². The minimum atomic E-state index is -0.888. The van der Waals surface area contributed by atoms with Crippen LogP contribution >= 0.6 is 0 Å². The maximum Gasteiger partial charge on any atom is 0.311 e. The first-order valence-electron chi connectivity index (χ1n) is 7.82. The van der Waals surface area contributed by atoms with Crippen molar-refractivity contribution in [1.29, 1.82) is 0 Å². The maximum absolute atomic E-state index is 12.9. The summed E-state index contributed by atoms with van der Waals surface area (Å²) in [6.45, 7) is 5.69. The topological polar surface area (TPSA) is 76.1 Å². The van der Waals surface area contributed by atoms with E-state index in [-0.39, 0.29) is 30.6 Å². The molecular weight excluding hydrogens is 274 g/mol. The molecule has 2 heterocycles. The molecule has 6 nitrogen and oxygen atoms in total. The summed E-state index contributed by atoms with van der Waals surface area (Å²) in [5.41, 5.74) is 0. The summed E-state index contributed by atoms with van der Waals surface area (Å²) in [7, 11) is 0. The number of carbonyl (C=O) groups is 2. The number of carboxylic acid groups (broad SMARTS) is 1. The molecule has 2 rings (SSSR count). The highest BCUT2D eigenvalue weighted by molar-refractivity contribution is 5.81. The minimum absolute atomic E-state index is 0.0305. The van der Waals surface area contributed by atoms with Crippen LogP contribution in [0, 0.1) is 11.8 Å². The number of carboxylic acids is 1. The Morgan fingerprint density at radius 3 is 2.62 bits per heavy atom. The van der Waals surface area contributed by atoms with Gasteiger partial charge >= 0.3 is 5.97 Å². The van der Waals surface area contributed by atoms with Crippen molar-refractivity contribution >= 4 is 11.9 Å². The van der Waals surface area contributed by atoms with Gasteiger partial charge in [-0.15, -0.1) is 0 Å². The molecule has 0 radical (unpaired) electrons. The first kappa shape index (κ1) is 16.2. The van der Waals surface area contributed by atoms with Gasteiger partial charge < -0.3 is 19.5 Å². The SMILES string of the molecule is CCCN(C(=O)C1CCOC1CC)C1COCC1C(=O)O. The fraction of sp³-hybridized carbons (Fsp3) is 0.867. The summed E-state index contributed by atoms with van der Waals surface area (Å²) >= 11 is 0. The van der Waals surface area contributed by atoms with Crippen LogP contribution in [0.2, 0.25) is 0 Å². The molecule has 0 aromatic carbocycles. The van der Waals surface area contributed by atoms with Crippen LogP contribution in [0.5, 0.6) is 0 Å². The molecule has 21 heavy (non-hydrogen) atoms. The van der Waals surface area contributed by atoms with Crippen molar-refractivity contribution in [3.8, 4) is 0 Å². The van der Waals surface area contributed by atoms with Gasteiger partial charge in [-0.25, -0.2) is 0 Å². The lowest BCUT2D eigenvalue weighted by molar-refractivity contribution is -0.147. The highest BCUT2D eigenvalue weighted by atomic mass is 16.5. The molecule has 2 aliphatic rings. The summed E-state index contributed by atoms with van der Waals surface area (Å²) in [5.74, 6) is -1.62. The second-order valence-corrected chi connectivity index (χ2v) is 5.79. The van der Waals surface area contributed by atoms with Crippen molar-refractivity contribution in [3.63, 3.8) is 0 Å². The number of carbonyl (C=O) groups excluding carboxylic acids is 1. The first-order valence-corrected chi connectivity index (χ1v) is 7.82.